The normalized spacial score (nSPS) is 18.0. The maximum absolute atomic E-state index is 10.7. The van der Waals surface area contributed by atoms with Crippen LogP contribution in [0.3, 0.4) is 0 Å². The van der Waals surface area contributed by atoms with Gasteiger partial charge in [-0.2, -0.15) is 0 Å². The van der Waals surface area contributed by atoms with Crippen molar-refractivity contribution in [3.05, 3.63) is 24.3 Å². The van der Waals surface area contributed by atoms with Gasteiger partial charge in [-0.05, 0) is 45.0 Å². The van der Waals surface area contributed by atoms with Crippen molar-refractivity contribution in [1.82, 2.24) is 15.5 Å². The number of ether oxygens (including phenoxy) is 3. The molecule has 0 bridgehead atoms. The number of rotatable bonds is 10. The van der Waals surface area contributed by atoms with E-state index in [9.17, 15) is 5.11 Å². The summed E-state index contributed by atoms with van der Waals surface area (Å²) in [7, 11) is 1.64. The lowest BCUT2D eigenvalue weighted by Gasteiger charge is -2.33. The number of benzene rings is 1. The van der Waals surface area contributed by atoms with Gasteiger partial charge >= 0.3 is 0 Å². The highest BCUT2D eigenvalue weighted by atomic mass is 127. The predicted molar refractivity (Wildman–Crippen MR) is 130 cm³/mol. The van der Waals surface area contributed by atoms with E-state index in [1.54, 1.807) is 7.11 Å². The second kappa shape index (κ2) is 13.9. The fourth-order valence-corrected chi connectivity index (χ4v) is 3.05. The molecule has 2 unspecified atom stereocenters. The Labute approximate surface area is 197 Å². The van der Waals surface area contributed by atoms with Crippen LogP contribution in [0.1, 0.15) is 20.8 Å². The largest absolute Gasteiger partial charge is 0.497 e. The number of guanidine groups is 1. The number of hydrogen-bond donors (Lipinski definition) is 3. The van der Waals surface area contributed by atoms with Crippen LogP contribution in [0.5, 0.6) is 11.5 Å². The summed E-state index contributed by atoms with van der Waals surface area (Å²) in [6.07, 6.45) is -0.0545. The maximum atomic E-state index is 10.7. The van der Waals surface area contributed by atoms with Crippen molar-refractivity contribution in [1.29, 1.82) is 0 Å². The lowest BCUT2D eigenvalue weighted by molar-refractivity contribution is -0.0180. The zero-order valence-electron chi connectivity index (χ0n) is 18.5. The zero-order valence-corrected chi connectivity index (χ0v) is 20.8. The van der Waals surface area contributed by atoms with Crippen LogP contribution in [0.4, 0.5) is 0 Å². The number of nitrogens with one attached hydrogen (secondary N) is 2. The van der Waals surface area contributed by atoms with E-state index >= 15 is 0 Å². The third kappa shape index (κ3) is 10.1. The van der Waals surface area contributed by atoms with Crippen LogP contribution in [-0.2, 0) is 4.74 Å². The molecule has 0 aliphatic carbocycles. The Balaban J connectivity index is 0.00000450. The van der Waals surface area contributed by atoms with E-state index < -0.39 is 5.60 Å². The van der Waals surface area contributed by atoms with Crippen LogP contribution in [0, 0.1) is 0 Å². The summed E-state index contributed by atoms with van der Waals surface area (Å²) in [5.41, 5.74) is -0.898. The molecule has 0 radical (unpaired) electrons. The lowest BCUT2D eigenvalue weighted by Crippen LogP contribution is -2.48. The molecule has 8 nitrogen and oxygen atoms in total. The topological polar surface area (TPSA) is 87.6 Å². The number of morpholine rings is 1. The SMILES string of the molecule is CCNC(=NCC(C)(O)CN1CCOCC1)NCC(C)Oc1ccc(OC)cc1.I. The van der Waals surface area contributed by atoms with Gasteiger partial charge < -0.3 is 30.0 Å². The second-order valence-electron chi connectivity index (χ2n) is 7.57. The number of nitrogens with zero attached hydrogens (tertiary/aromatic N) is 2. The van der Waals surface area contributed by atoms with E-state index in [1.807, 2.05) is 45.0 Å². The molecule has 2 rings (SSSR count). The first-order chi connectivity index (χ1) is 13.9. The van der Waals surface area contributed by atoms with Crippen molar-refractivity contribution in [2.75, 3.05) is 59.6 Å². The van der Waals surface area contributed by atoms with Crippen molar-refractivity contribution in [2.45, 2.75) is 32.5 Å². The van der Waals surface area contributed by atoms with E-state index in [-0.39, 0.29) is 30.1 Å². The summed E-state index contributed by atoms with van der Waals surface area (Å²) >= 11 is 0. The molecule has 1 aromatic carbocycles. The smallest absolute Gasteiger partial charge is 0.191 e. The monoisotopic (exact) mass is 536 g/mol. The van der Waals surface area contributed by atoms with Gasteiger partial charge in [-0.15, -0.1) is 24.0 Å². The van der Waals surface area contributed by atoms with E-state index in [0.29, 0.717) is 25.6 Å². The quantitative estimate of drug-likeness (QED) is 0.239. The lowest BCUT2D eigenvalue weighted by atomic mass is 10.1. The highest BCUT2D eigenvalue weighted by Crippen LogP contribution is 2.18. The molecule has 3 N–H and O–H groups in total. The first kappa shape index (κ1) is 26.7. The molecule has 1 heterocycles. The molecule has 1 aliphatic heterocycles. The molecular formula is C21H37IN4O4. The van der Waals surface area contributed by atoms with Crippen molar-refractivity contribution >= 4 is 29.9 Å². The van der Waals surface area contributed by atoms with Gasteiger partial charge in [-0.3, -0.25) is 9.89 Å². The van der Waals surface area contributed by atoms with Gasteiger partial charge in [0, 0.05) is 26.2 Å². The Kier molecular flexibility index (Phi) is 12.4. The highest BCUT2D eigenvalue weighted by molar-refractivity contribution is 14.0. The molecule has 30 heavy (non-hydrogen) atoms. The first-order valence-corrected chi connectivity index (χ1v) is 10.3. The number of halogens is 1. The Bertz CT molecular complexity index is 622. The van der Waals surface area contributed by atoms with Crippen molar-refractivity contribution in [3.8, 4) is 11.5 Å². The second-order valence-corrected chi connectivity index (χ2v) is 7.57. The Hall–Kier alpha value is -1.30. The molecule has 0 amide bonds. The molecule has 2 atom stereocenters. The maximum Gasteiger partial charge on any atom is 0.191 e. The number of aliphatic imine (C=N–C) groups is 1. The zero-order chi connectivity index (χ0) is 21.1. The Morgan fingerprint density at radius 2 is 1.87 bits per heavy atom. The summed E-state index contributed by atoms with van der Waals surface area (Å²) < 4.78 is 16.4. The van der Waals surface area contributed by atoms with Gasteiger partial charge in [-0.25, -0.2) is 0 Å². The average Bonchev–Trinajstić information content (AvgIpc) is 2.71. The summed E-state index contributed by atoms with van der Waals surface area (Å²) in [5.74, 6) is 2.25. The van der Waals surface area contributed by atoms with Crippen LogP contribution in [-0.4, -0.2) is 87.3 Å². The van der Waals surface area contributed by atoms with Gasteiger partial charge in [0.15, 0.2) is 5.96 Å². The number of hydrogen-bond acceptors (Lipinski definition) is 6. The average molecular weight is 536 g/mol. The fraction of sp³-hybridized carbons (Fsp3) is 0.667. The molecule has 9 heteroatoms. The Morgan fingerprint density at radius 1 is 1.23 bits per heavy atom. The molecule has 0 spiro atoms. The summed E-state index contributed by atoms with van der Waals surface area (Å²) in [5, 5.41) is 17.2. The number of methoxy groups -OCH3 is 1. The molecule has 0 saturated carbocycles. The predicted octanol–water partition coefficient (Wildman–Crippen LogP) is 1.72. The molecule has 0 aromatic heterocycles. The van der Waals surface area contributed by atoms with Crippen LogP contribution >= 0.6 is 24.0 Å². The minimum atomic E-state index is -0.898. The number of β-amino-alcohol motifs (C(OH)–C–C–N with tert-alkyl or cyclic N) is 1. The van der Waals surface area contributed by atoms with Gasteiger partial charge in [0.25, 0.3) is 0 Å². The first-order valence-electron chi connectivity index (χ1n) is 10.3. The molecule has 1 saturated heterocycles. The van der Waals surface area contributed by atoms with Crippen molar-refractivity contribution in [2.24, 2.45) is 4.99 Å². The van der Waals surface area contributed by atoms with E-state index in [4.69, 9.17) is 14.2 Å². The van der Waals surface area contributed by atoms with Gasteiger partial charge in [-0.1, -0.05) is 0 Å². The van der Waals surface area contributed by atoms with Gasteiger partial charge in [0.05, 0.1) is 39.0 Å². The van der Waals surface area contributed by atoms with Crippen LogP contribution in [0.25, 0.3) is 0 Å². The third-order valence-corrected chi connectivity index (χ3v) is 4.54. The Morgan fingerprint density at radius 3 is 2.47 bits per heavy atom. The summed E-state index contributed by atoms with van der Waals surface area (Å²) in [6.45, 7) is 11.2. The van der Waals surface area contributed by atoms with E-state index in [0.717, 1.165) is 44.3 Å². The van der Waals surface area contributed by atoms with E-state index in [1.165, 1.54) is 0 Å². The van der Waals surface area contributed by atoms with Crippen molar-refractivity contribution < 1.29 is 19.3 Å². The van der Waals surface area contributed by atoms with Crippen LogP contribution in [0.2, 0.25) is 0 Å². The van der Waals surface area contributed by atoms with Crippen LogP contribution in [0.15, 0.2) is 29.3 Å². The molecule has 1 aliphatic rings. The standard InChI is InChI=1S/C21H36N4O4.HI/c1-5-22-20(24-15-21(3,26)16-25-10-12-28-13-11-25)23-14-17(2)29-19-8-6-18(27-4)7-9-19;/h6-9,17,26H,5,10-16H2,1-4H3,(H2,22,23,24);1H. The molecule has 1 aromatic rings. The molecule has 172 valence electrons. The van der Waals surface area contributed by atoms with Gasteiger partial charge in [0.1, 0.15) is 17.6 Å². The highest BCUT2D eigenvalue weighted by Gasteiger charge is 2.25. The summed E-state index contributed by atoms with van der Waals surface area (Å²) in [6, 6.07) is 7.52. The van der Waals surface area contributed by atoms with Gasteiger partial charge in [0.2, 0.25) is 0 Å². The van der Waals surface area contributed by atoms with Crippen molar-refractivity contribution in [3.63, 3.8) is 0 Å². The minimum absolute atomic E-state index is 0. The third-order valence-electron chi connectivity index (χ3n) is 4.54. The fourth-order valence-electron chi connectivity index (χ4n) is 3.05. The molecular weight excluding hydrogens is 499 g/mol. The molecule has 1 fully saturated rings. The van der Waals surface area contributed by atoms with E-state index in [2.05, 4.69) is 20.5 Å². The number of aliphatic hydroxyl groups is 1. The minimum Gasteiger partial charge on any atom is -0.497 e. The van der Waals surface area contributed by atoms with Crippen LogP contribution < -0.4 is 20.1 Å². The summed E-state index contributed by atoms with van der Waals surface area (Å²) in [4.78, 5) is 6.78.